The van der Waals surface area contributed by atoms with Crippen molar-refractivity contribution in [3.63, 3.8) is 0 Å². The summed E-state index contributed by atoms with van der Waals surface area (Å²) in [6.07, 6.45) is 4.40. The minimum absolute atomic E-state index is 0.0526. The lowest BCUT2D eigenvalue weighted by Gasteiger charge is -2.13. The Labute approximate surface area is 214 Å². The predicted octanol–water partition coefficient (Wildman–Crippen LogP) is 4.39. The van der Waals surface area contributed by atoms with Gasteiger partial charge in [-0.2, -0.15) is 0 Å². The summed E-state index contributed by atoms with van der Waals surface area (Å²) < 4.78 is 34.6. The van der Waals surface area contributed by atoms with Crippen molar-refractivity contribution in [1.82, 2.24) is 15.0 Å². The fourth-order valence-electron chi connectivity index (χ4n) is 3.90. The number of aromatic nitrogens is 3. The van der Waals surface area contributed by atoms with Gasteiger partial charge in [-0.1, -0.05) is 0 Å². The maximum Gasteiger partial charge on any atom is 0.289 e. The molecule has 0 amide bonds. The van der Waals surface area contributed by atoms with E-state index < -0.39 is 15.9 Å². The first kappa shape index (κ1) is 24.4. The zero-order valence-corrected chi connectivity index (χ0v) is 21.4. The van der Waals surface area contributed by atoms with E-state index in [0.29, 0.717) is 11.6 Å². The second kappa shape index (κ2) is 10.0. The minimum Gasteiger partial charge on any atom is -0.463 e. The summed E-state index contributed by atoms with van der Waals surface area (Å²) in [6.45, 7) is 4.12. The van der Waals surface area contributed by atoms with Gasteiger partial charge < -0.3 is 20.1 Å². The third-order valence-electron chi connectivity index (χ3n) is 5.64. The van der Waals surface area contributed by atoms with E-state index in [1.165, 1.54) is 12.6 Å². The Kier molecular flexibility index (Phi) is 6.62. The van der Waals surface area contributed by atoms with E-state index in [2.05, 4.69) is 30.6 Å². The first-order chi connectivity index (χ1) is 17.7. The van der Waals surface area contributed by atoms with Crippen LogP contribution in [0.15, 0.2) is 66.0 Å². The Morgan fingerprint density at radius 1 is 1.00 bits per heavy atom. The van der Waals surface area contributed by atoms with Crippen LogP contribution >= 0.6 is 0 Å². The highest BCUT2D eigenvalue weighted by Gasteiger charge is 2.23. The third-order valence-corrected chi connectivity index (χ3v) is 6.63. The number of ether oxygens (including phenoxy) is 2. The number of fused-ring (bicyclic) bond motifs is 1. The molecule has 0 spiro atoms. The molecular formula is C26H26N6O4S. The molecule has 5 rings (SSSR count). The van der Waals surface area contributed by atoms with Gasteiger partial charge in [-0.3, -0.25) is 4.98 Å². The molecule has 0 aliphatic carbocycles. The van der Waals surface area contributed by atoms with E-state index in [1.807, 2.05) is 62.4 Å². The van der Waals surface area contributed by atoms with Crippen molar-refractivity contribution in [2.45, 2.75) is 19.9 Å². The molecule has 10 nitrogen and oxygen atoms in total. The number of aryl methyl sites for hydroxylation is 2. The summed E-state index contributed by atoms with van der Waals surface area (Å²) in [7, 11) is -3.14. The van der Waals surface area contributed by atoms with Crippen LogP contribution in [0.4, 0.5) is 17.2 Å². The molecule has 0 radical (unpaired) electrons. The second-order valence-electron chi connectivity index (χ2n) is 8.91. The Bertz CT molecular complexity index is 1590. The van der Waals surface area contributed by atoms with Crippen molar-refractivity contribution in [2.75, 3.05) is 29.2 Å². The number of nitrogens with zero attached hydrogens (tertiary/aromatic N) is 4. The quantitative estimate of drug-likeness (QED) is 0.366. The van der Waals surface area contributed by atoms with E-state index >= 15 is 0 Å². The molecule has 0 saturated heterocycles. The number of anilines is 3. The molecule has 0 fully saturated rings. The highest BCUT2D eigenvalue weighted by Crippen LogP contribution is 2.30. The number of hydrogen-bond acceptors (Lipinski definition) is 10. The number of pyridine rings is 1. The molecule has 0 bridgehead atoms. The van der Waals surface area contributed by atoms with Crippen LogP contribution in [0.3, 0.4) is 0 Å². The highest BCUT2D eigenvalue weighted by atomic mass is 32.2. The predicted molar refractivity (Wildman–Crippen MR) is 144 cm³/mol. The number of sulfone groups is 1. The van der Waals surface area contributed by atoms with Crippen LogP contribution in [0.5, 0.6) is 11.5 Å². The van der Waals surface area contributed by atoms with E-state index in [0.717, 1.165) is 39.3 Å². The first-order valence-corrected chi connectivity index (χ1v) is 13.7. The molecule has 0 unspecified atom stereocenters. The van der Waals surface area contributed by atoms with E-state index in [-0.39, 0.29) is 18.4 Å². The van der Waals surface area contributed by atoms with Crippen molar-refractivity contribution in [1.29, 1.82) is 0 Å². The Hall–Kier alpha value is -4.25. The summed E-state index contributed by atoms with van der Waals surface area (Å²) in [4.78, 5) is 17.4. The summed E-state index contributed by atoms with van der Waals surface area (Å²) >= 11 is 0. The van der Waals surface area contributed by atoms with Crippen LogP contribution in [-0.2, 0) is 14.6 Å². The zero-order chi connectivity index (χ0) is 26.0. The third kappa shape index (κ3) is 6.12. The molecule has 1 aliphatic heterocycles. The van der Waals surface area contributed by atoms with Gasteiger partial charge in [0.25, 0.3) is 6.02 Å². The first-order valence-electron chi connectivity index (χ1n) is 11.6. The van der Waals surface area contributed by atoms with E-state index in [1.54, 1.807) is 6.20 Å². The number of aliphatic imine (C=N–C) groups is 1. The molecule has 3 heterocycles. The monoisotopic (exact) mass is 518 g/mol. The summed E-state index contributed by atoms with van der Waals surface area (Å²) in [5, 5.41) is 7.27. The van der Waals surface area contributed by atoms with Gasteiger partial charge >= 0.3 is 0 Å². The Morgan fingerprint density at radius 2 is 1.81 bits per heavy atom. The number of nitrogens with one attached hydrogen (secondary N) is 2. The van der Waals surface area contributed by atoms with Crippen molar-refractivity contribution in [3.8, 4) is 11.5 Å². The van der Waals surface area contributed by atoms with Gasteiger partial charge in [0.05, 0.1) is 17.5 Å². The molecule has 2 N–H and O–H groups in total. The van der Waals surface area contributed by atoms with Gasteiger partial charge in [-0.15, -0.1) is 0 Å². The van der Waals surface area contributed by atoms with Gasteiger partial charge in [0.2, 0.25) is 0 Å². The van der Waals surface area contributed by atoms with Crippen LogP contribution in [0.2, 0.25) is 0 Å². The molecule has 4 aromatic rings. The number of benzene rings is 2. The average Bonchev–Trinajstić information content (AvgIpc) is 3.27. The normalized spacial score (nSPS) is 15.2. The van der Waals surface area contributed by atoms with Crippen molar-refractivity contribution in [3.05, 3.63) is 72.3 Å². The fraction of sp³-hybridized carbons (Fsp3) is 0.231. The van der Waals surface area contributed by atoms with Crippen LogP contribution in [0.1, 0.15) is 11.3 Å². The highest BCUT2D eigenvalue weighted by molar-refractivity contribution is 7.90. The maximum atomic E-state index is 11.5. The van der Waals surface area contributed by atoms with Gasteiger partial charge in [0, 0.05) is 28.7 Å². The largest absolute Gasteiger partial charge is 0.463 e. The van der Waals surface area contributed by atoms with Crippen molar-refractivity contribution >= 4 is 44.0 Å². The lowest BCUT2D eigenvalue weighted by Crippen LogP contribution is -2.19. The van der Waals surface area contributed by atoms with Crippen LogP contribution in [-0.4, -0.2) is 54.0 Å². The number of hydrogen-bond donors (Lipinski definition) is 2. The maximum absolute atomic E-state index is 11.5. The SMILES string of the molecule is Cc1ccc(Oc2ccc(Nc3ncnc4ccc(NC5=N[C@H](CS(C)(=O)=O)CO5)cc34)cc2C)cn1. The summed E-state index contributed by atoms with van der Waals surface area (Å²) in [5.41, 5.74) is 4.20. The van der Waals surface area contributed by atoms with Crippen LogP contribution < -0.4 is 15.4 Å². The summed E-state index contributed by atoms with van der Waals surface area (Å²) in [5.74, 6) is 1.99. The lowest BCUT2D eigenvalue weighted by atomic mass is 10.1. The molecule has 1 aliphatic rings. The smallest absolute Gasteiger partial charge is 0.289 e. The van der Waals surface area contributed by atoms with Gasteiger partial charge in [-0.05, 0) is 67.9 Å². The number of rotatable bonds is 7. The van der Waals surface area contributed by atoms with Gasteiger partial charge in [-0.25, -0.2) is 23.4 Å². The topological polar surface area (TPSA) is 128 Å². The van der Waals surface area contributed by atoms with Crippen LogP contribution in [0, 0.1) is 13.8 Å². The van der Waals surface area contributed by atoms with Gasteiger partial charge in [0.15, 0.2) is 0 Å². The standard InChI is InChI=1S/C26H26N6O4S/c1-16-10-18(6-9-24(16)36-21-7-4-17(2)27-12-21)30-25-22-11-19(5-8-23(22)28-15-29-25)31-26-32-20(13-35-26)14-37(3,33)34/h4-12,15,20H,13-14H2,1-3H3,(H,31,32)(H,28,29,30)/t20-/m0/s1. The Morgan fingerprint density at radius 3 is 2.57 bits per heavy atom. The molecule has 190 valence electrons. The second-order valence-corrected chi connectivity index (χ2v) is 11.1. The van der Waals surface area contributed by atoms with Crippen molar-refractivity contribution < 1.29 is 17.9 Å². The average molecular weight is 519 g/mol. The molecule has 2 aromatic heterocycles. The van der Waals surface area contributed by atoms with E-state index in [9.17, 15) is 8.42 Å². The Balaban J connectivity index is 1.34. The minimum atomic E-state index is -3.14. The molecule has 2 aromatic carbocycles. The molecule has 11 heteroatoms. The van der Waals surface area contributed by atoms with Crippen molar-refractivity contribution in [2.24, 2.45) is 4.99 Å². The van der Waals surface area contributed by atoms with E-state index in [4.69, 9.17) is 9.47 Å². The van der Waals surface area contributed by atoms with Crippen LogP contribution in [0.25, 0.3) is 10.9 Å². The number of amidine groups is 1. The molecule has 0 saturated carbocycles. The molecular weight excluding hydrogens is 492 g/mol. The lowest BCUT2D eigenvalue weighted by molar-refractivity contribution is 0.322. The van der Waals surface area contributed by atoms with Gasteiger partial charge in [0.1, 0.15) is 46.1 Å². The fourth-order valence-corrected chi connectivity index (χ4v) is 4.77. The summed E-state index contributed by atoms with van der Waals surface area (Å²) in [6, 6.07) is 15.1. The molecule has 1 atom stereocenters. The molecule has 37 heavy (non-hydrogen) atoms. The zero-order valence-electron chi connectivity index (χ0n) is 20.6.